The molecule has 0 saturated heterocycles. The standard InChI is InChI=1S/C19H22N6O4S.ClH/c1-11(26)16(20)19(27)24-30(28,29)25-7-5-12-2-3-13(8-14(12)9-25)17-15-4-6-21-18(15)23-10-22-17;/h2-4,6,8,10-11,16,26H,5,7,9,20H2,1H3,(H,24,27)(H,21,22,23);1H/t11-,16+;/m1./s1. The quantitative estimate of drug-likeness (QED) is 0.426. The summed E-state index contributed by atoms with van der Waals surface area (Å²) in [5.41, 5.74) is 9.72. The molecule has 1 aromatic carbocycles. The molecule has 0 bridgehead atoms. The number of aromatic nitrogens is 3. The van der Waals surface area contributed by atoms with Gasteiger partial charge in [-0.05, 0) is 36.6 Å². The zero-order chi connectivity index (χ0) is 21.5. The number of nitrogens with two attached hydrogens (primary N) is 1. The third-order valence-electron chi connectivity index (χ3n) is 5.20. The van der Waals surface area contributed by atoms with Crippen LogP contribution in [0.4, 0.5) is 0 Å². The molecule has 3 heterocycles. The Kier molecular flexibility index (Phi) is 6.62. The minimum absolute atomic E-state index is 0. The second kappa shape index (κ2) is 8.89. The lowest BCUT2D eigenvalue weighted by atomic mass is 9.97. The van der Waals surface area contributed by atoms with Gasteiger partial charge >= 0.3 is 10.2 Å². The molecule has 10 nitrogen and oxygen atoms in total. The normalized spacial score (nSPS) is 16.2. The van der Waals surface area contributed by atoms with Gasteiger partial charge in [0.15, 0.2) is 0 Å². The average molecular weight is 467 g/mol. The summed E-state index contributed by atoms with van der Waals surface area (Å²) in [7, 11) is -4.09. The van der Waals surface area contributed by atoms with Gasteiger partial charge in [0.05, 0.1) is 11.8 Å². The molecule has 0 fully saturated rings. The molecule has 2 aromatic heterocycles. The zero-order valence-electron chi connectivity index (χ0n) is 16.6. The van der Waals surface area contributed by atoms with E-state index >= 15 is 0 Å². The number of benzene rings is 1. The number of aromatic amines is 1. The molecule has 0 unspecified atom stereocenters. The third kappa shape index (κ3) is 4.55. The van der Waals surface area contributed by atoms with Crippen molar-refractivity contribution in [1.82, 2.24) is 24.0 Å². The van der Waals surface area contributed by atoms with Crippen molar-refractivity contribution in [3.8, 4) is 11.3 Å². The Morgan fingerprint density at radius 3 is 2.81 bits per heavy atom. The summed E-state index contributed by atoms with van der Waals surface area (Å²) in [6.07, 6.45) is 2.61. The molecule has 12 heteroatoms. The van der Waals surface area contributed by atoms with Crippen LogP contribution in [-0.4, -0.2) is 57.4 Å². The molecule has 0 aliphatic carbocycles. The lowest BCUT2D eigenvalue weighted by molar-refractivity contribution is -0.122. The maximum atomic E-state index is 12.7. The summed E-state index contributed by atoms with van der Waals surface area (Å²) in [5, 5.41) is 10.3. The largest absolute Gasteiger partial charge is 0.391 e. The monoisotopic (exact) mass is 466 g/mol. The number of nitrogens with one attached hydrogen (secondary N) is 2. The lowest BCUT2D eigenvalue weighted by Gasteiger charge is -2.29. The number of nitrogens with zero attached hydrogens (tertiary/aromatic N) is 3. The first-order chi connectivity index (χ1) is 14.3. The first-order valence-corrected chi connectivity index (χ1v) is 10.9. The minimum Gasteiger partial charge on any atom is -0.391 e. The van der Waals surface area contributed by atoms with Crippen molar-refractivity contribution in [2.24, 2.45) is 5.73 Å². The van der Waals surface area contributed by atoms with Crippen LogP contribution in [-0.2, 0) is 28.0 Å². The van der Waals surface area contributed by atoms with Crippen LogP contribution in [0.25, 0.3) is 22.3 Å². The van der Waals surface area contributed by atoms with Crippen molar-refractivity contribution in [3.63, 3.8) is 0 Å². The first kappa shape index (κ1) is 23.1. The highest BCUT2D eigenvalue weighted by Crippen LogP contribution is 2.29. The fraction of sp³-hybridized carbons (Fsp3) is 0.316. The van der Waals surface area contributed by atoms with Gasteiger partial charge in [-0.15, -0.1) is 12.4 Å². The van der Waals surface area contributed by atoms with Gasteiger partial charge in [-0.2, -0.15) is 12.7 Å². The van der Waals surface area contributed by atoms with Crippen LogP contribution in [0.1, 0.15) is 18.1 Å². The van der Waals surface area contributed by atoms with E-state index in [1.165, 1.54) is 17.6 Å². The van der Waals surface area contributed by atoms with Gasteiger partial charge in [-0.3, -0.25) is 4.79 Å². The predicted octanol–water partition coefficient (Wildman–Crippen LogP) is 0.474. The number of aliphatic hydroxyl groups excluding tert-OH is 1. The summed E-state index contributed by atoms with van der Waals surface area (Å²) in [4.78, 5) is 23.6. The topological polar surface area (TPSA) is 154 Å². The van der Waals surface area contributed by atoms with Crippen molar-refractivity contribution < 1.29 is 18.3 Å². The number of H-pyrrole nitrogens is 1. The molecule has 0 spiro atoms. The Balaban J connectivity index is 0.00000272. The molecular weight excluding hydrogens is 444 g/mol. The summed E-state index contributed by atoms with van der Waals surface area (Å²) < 4.78 is 28.5. The number of fused-ring (bicyclic) bond motifs is 2. The van der Waals surface area contributed by atoms with E-state index < -0.39 is 28.3 Å². The molecule has 31 heavy (non-hydrogen) atoms. The molecule has 1 aliphatic heterocycles. The highest BCUT2D eigenvalue weighted by Gasteiger charge is 2.31. The van der Waals surface area contributed by atoms with Crippen LogP contribution >= 0.6 is 12.4 Å². The van der Waals surface area contributed by atoms with E-state index in [4.69, 9.17) is 5.73 Å². The van der Waals surface area contributed by atoms with E-state index in [0.717, 1.165) is 33.4 Å². The van der Waals surface area contributed by atoms with Gasteiger partial charge < -0.3 is 15.8 Å². The molecule has 3 aromatic rings. The van der Waals surface area contributed by atoms with Gasteiger partial charge in [0.1, 0.15) is 18.0 Å². The number of amides is 1. The molecule has 0 radical (unpaired) electrons. The molecule has 166 valence electrons. The van der Waals surface area contributed by atoms with Crippen LogP contribution in [0.2, 0.25) is 0 Å². The second-order valence-electron chi connectivity index (χ2n) is 7.27. The summed E-state index contributed by atoms with van der Waals surface area (Å²) in [6.45, 7) is 1.66. The van der Waals surface area contributed by atoms with Crippen LogP contribution in [0.3, 0.4) is 0 Å². The Morgan fingerprint density at radius 2 is 2.06 bits per heavy atom. The fourth-order valence-electron chi connectivity index (χ4n) is 3.46. The maximum Gasteiger partial charge on any atom is 0.304 e. The first-order valence-electron chi connectivity index (χ1n) is 9.42. The highest BCUT2D eigenvalue weighted by molar-refractivity contribution is 7.87. The smallest absolute Gasteiger partial charge is 0.304 e. The van der Waals surface area contributed by atoms with Gasteiger partial charge in [-0.1, -0.05) is 12.1 Å². The van der Waals surface area contributed by atoms with E-state index in [9.17, 15) is 18.3 Å². The minimum atomic E-state index is -4.09. The van der Waals surface area contributed by atoms with Crippen molar-refractivity contribution in [2.45, 2.75) is 32.0 Å². The number of halogens is 1. The average Bonchev–Trinajstić information content (AvgIpc) is 3.20. The molecular formula is C19H23ClN6O4S. The van der Waals surface area contributed by atoms with E-state index in [-0.39, 0.29) is 25.5 Å². The van der Waals surface area contributed by atoms with Crippen molar-refractivity contribution in [3.05, 3.63) is 47.9 Å². The number of carbonyl (C=O) groups excluding carboxylic acids is 1. The van der Waals surface area contributed by atoms with Crippen molar-refractivity contribution >= 4 is 39.6 Å². The van der Waals surface area contributed by atoms with E-state index in [1.54, 1.807) is 6.20 Å². The second-order valence-corrected chi connectivity index (χ2v) is 8.94. The van der Waals surface area contributed by atoms with Crippen LogP contribution < -0.4 is 10.5 Å². The van der Waals surface area contributed by atoms with Gasteiger partial charge in [0, 0.05) is 30.2 Å². The fourth-order valence-corrected chi connectivity index (χ4v) is 4.62. The Morgan fingerprint density at radius 1 is 1.29 bits per heavy atom. The number of hydrogen-bond acceptors (Lipinski definition) is 7. The number of aliphatic hydroxyl groups is 1. The summed E-state index contributed by atoms with van der Waals surface area (Å²) in [5.74, 6) is -0.944. The number of rotatable bonds is 5. The molecule has 0 saturated carbocycles. The molecule has 5 N–H and O–H groups in total. The van der Waals surface area contributed by atoms with Crippen molar-refractivity contribution in [2.75, 3.05) is 6.54 Å². The zero-order valence-corrected chi connectivity index (χ0v) is 18.3. The third-order valence-corrected chi connectivity index (χ3v) is 6.65. The van der Waals surface area contributed by atoms with Gasteiger partial charge in [-0.25, -0.2) is 14.7 Å². The maximum absolute atomic E-state index is 12.7. The van der Waals surface area contributed by atoms with E-state index in [1.807, 2.05) is 29.0 Å². The van der Waals surface area contributed by atoms with E-state index in [0.29, 0.717) is 6.42 Å². The Bertz CT molecular complexity index is 1210. The van der Waals surface area contributed by atoms with Crippen LogP contribution in [0, 0.1) is 0 Å². The molecule has 1 amide bonds. The number of hydrogen-bond donors (Lipinski definition) is 4. The van der Waals surface area contributed by atoms with E-state index in [2.05, 4.69) is 15.0 Å². The lowest BCUT2D eigenvalue weighted by Crippen LogP contribution is -2.53. The Hall–Kier alpha value is -2.57. The molecule has 1 aliphatic rings. The molecule has 2 atom stereocenters. The predicted molar refractivity (Wildman–Crippen MR) is 117 cm³/mol. The van der Waals surface area contributed by atoms with Crippen LogP contribution in [0.5, 0.6) is 0 Å². The summed E-state index contributed by atoms with van der Waals surface area (Å²) >= 11 is 0. The Labute approximate surface area is 185 Å². The number of carbonyl (C=O) groups is 1. The van der Waals surface area contributed by atoms with Crippen molar-refractivity contribution in [1.29, 1.82) is 0 Å². The van der Waals surface area contributed by atoms with Crippen LogP contribution in [0.15, 0.2) is 36.8 Å². The van der Waals surface area contributed by atoms with Gasteiger partial charge in [0.25, 0.3) is 5.91 Å². The van der Waals surface area contributed by atoms with Gasteiger partial charge in [0.2, 0.25) is 0 Å². The SMILES string of the molecule is C[C@@H](O)[C@H](N)C(=O)NS(=O)(=O)N1CCc2ccc(-c3ncnc4[nH]ccc34)cc2C1.Cl. The summed E-state index contributed by atoms with van der Waals surface area (Å²) in [6, 6.07) is 6.40. The highest BCUT2D eigenvalue weighted by atomic mass is 35.5. The molecule has 4 rings (SSSR count).